The van der Waals surface area contributed by atoms with Gasteiger partial charge in [-0.15, -0.1) is 0 Å². The predicted molar refractivity (Wildman–Crippen MR) is 146 cm³/mol. The third-order valence-corrected chi connectivity index (χ3v) is 10.4. The highest BCUT2D eigenvalue weighted by molar-refractivity contribution is 5.88. The van der Waals surface area contributed by atoms with E-state index in [0.717, 1.165) is 44.3 Å². The van der Waals surface area contributed by atoms with Gasteiger partial charge in [-0.3, -0.25) is 9.59 Å². The highest BCUT2D eigenvalue weighted by atomic mass is 16.4. The molecule has 2 aliphatic heterocycles. The topological polar surface area (TPSA) is 81.1 Å². The summed E-state index contributed by atoms with van der Waals surface area (Å²) in [5, 5.41) is 19.9. The number of carboxylic acids is 1. The van der Waals surface area contributed by atoms with Crippen LogP contribution in [0.25, 0.3) is 11.1 Å². The number of carbonyl (C=O) groups is 2. The van der Waals surface area contributed by atoms with Gasteiger partial charge in [0.2, 0.25) is 0 Å². The van der Waals surface area contributed by atoms with E-state index in [0.29, 0.717) is 43.2 Å². The molecule has 1 unspecified atom stereocenters. The van der Waals surface area contributed by atoms with Crippen molar-refractivity contribution >= 4 is 17.6 Å². The van der Waals surface area contributed by atoms with Crippen LogP contribution < -0.4 is 4.90 Å². The Morgan fingerprint density at radius 2 is 1.58 bits per heavy atom. The largest absolute Gasteiger partial charge is 0.481 e. The first kappa shape index (κ1) is 24.2. The lowest BCUT2D eigenvalue weighted by atomic mass is 9.87. The molecule has 200 valence electrons. The Bertz CT molecular complexity index is 1250. The molecule has 7 rings (SSSR count). The van der Waals surface area contributed by atoms with Crippen LogP contribution in [0.3, 0.4) is 0 Å². The maximum Gasteiger partial charge on any atom is 0.308 e. The Balaban J connectivity index is 1.06. The molecule has 2 aromatic rings. The lowest BCUT2D eigenvalue weighted by molar-refractivity contribution is -0.144. The zero-order chi connectivity index (χ0) is 26.1. The Hall–Kier alpha value is -2.86. The van der Waals surface area contributed by atoms with Crippen LogP contribution in [0.4, 0.5) is 5.69 Å². The molecular weight excluding hydrogens is 476 g/mol. The van der Waals surface area contributed by atoms with Crippen LogP contribution in [0.5, 0.6) is 0 Å². The average Bonchev–Trinajstić information content (AvgIpc) is 3.78. The molecule has 38 heavy (non-hydrogen) atoms. The molecule has 0 radical (unpaired) electrons. The summed E-state index contributed by atoms with van der Waals surface area (Å²) in [6.07, 6.45) is 9.87. The van der Waals surface area contributed by atoms with Crippen LogP contribution in [0.2, 0.25) is 0 Å². The lowest BCUT2D eigenvalue weighted by Gasteiger charge is -2.39. The molecule has 0 aromatic heterocycles. The van der Waals surface area contributed by atoms with E-state index < -0.39 is 11.6 Å². The van der Waals surface area contributed by atoms with Crippen molar-refractivity contribution in [3.8, 4) is 11.1 Å². The van der Waals surface area contributed by atoms with Crippen LogP contribution in [0.1, 0.15) is 74.8 Å². The second kappa shape index (κ2) is 8.84. The summed E-state index contributed by atoms with van der Waals surface area (Å²) in [5.41, 5.74) is 5.46. The number of aliphatic carboxylic acids is 1. The standard InChI is InChI=1S/C32H38N2O4/c35-29(36)25-17-24-10-9-23(18-28(24)34(20-25)26-3-1-2-4-26)21-5-7-22(8-6-21)27-19-31(27)13-15-33(16-14-31)30(37)32(38)11-12-32/h5-10,18,25-27,38H,1-4,11-17,19-20H2,(H,35,36)/t25?,27-/m0/s1. The quantitative estimate of drug-likeness (QED) is 0.588. The van der Waals surface area contributed by atoms with Crippen molar-refractivity contribution in [1.82, 2.24) is 4.90 Å². The molecule has 1 amide bonds. The van der Waals surface area contributed by atoms with Crippen molar-refractivity contribution in [1.29, 1.82) is 0 Å². The average molecular weight is 515 g/mol. The summed E-state index contributed by atoms with van der Waals surface area (Å²) in [7, 11) is 0. The Morgan fingerprint density at radius 1 is 0.895 bits per heavy atom. The second-order valence-corrected chi connectivity index (χ2v) is 12.7. The number of fused-ring (bicyclic) bond motifs is 1. The van der Waals surface area contributed by atoms with Crippen molar-refractivity contribution < 1.29 is 19.8 Å². The molecule has 3 saturated carbocycles. The minimum absolute atomic E-state index is 0.0519. The number of aliphatic hydroxyl groups is 1. The fraction of sp³-hybridized carbons (Fsp3) is 0.562. The van der Waals surface area contributed by atoms with E-state index in [9.17, 15) is 19.8 Å². The zero-order valence-corrected chi connectivity index (χ0v) is 22.1. The van der Waals surface area contributed by atoms with Crippen LogP contribution >= 0.6 is 0 Å². The van der Waals surface area contributed by atoms with Gasteiger partial charge < -0.3 is 20.0 Å². The minimum atomic E-state index is -1.05. The van der Waals surface area contributed by atoms with Crippen LogP contribution in [0, 0.1) is 11.3 Å². The number of nitrogens with zero attached hydrogens (tertiary/aromatic N) is 2. The van der Waals surface area contributed by atoms with Gasteiger partial charge in [-0.25, -0.2) is 0 Å². The summed E-state index contributed by atoms with van der Waals surface area (Å²) in [5.74, 6) is -0.507. The number of carbonyl (C=O) groups excluding carboxylic acids is 1. The van der Waals surface area contributed by atoms with Crippen LogP contribution in [-0.2, 0) is 16.0 Å². The van der Waals surface area contributed by atoms with E-state index in [2.05, 4.69) is 47.4 Å². The van der Waals surface area contributed by atoms with E-state index in [1.165, 1.54) is 41.6 Å². The summed E-state index contributed by atoms with van der Waals surface area (Å²) in [6, 6.07) is 16.1. The molecule has 2 heterocycles. The minimum Gasteiger partial charge on any atom is -0.481 e. The SMILES string of the molecule is O=C(O)C1Cc2ccc(-c3ccc([C@@H]4CC45CCN(C(=O)C4(O)CC4)CC5)cc3)cc2N(C2CCCC2)C1. The summed E-state index contributed by atoms with van der Waals surface area (Å²) in [6.45, 7) is 2.15. The fourth-order valence-electron chi connectivity index (χ4n) is 7.64. The number of benzene rings is 2. The smallest absolute Gasteiger partial charge is 0.308 e. The molecule has 5 aliphatic rings. The van der Waals surface area contributed by atoms with Crippen molar-refractivity contribution in [3.63, 3.8) is 0 Å². The van der Waals surface area contributed by atoms with Crippen molar-refractivity contribution in [2.45, 2.75) is 81.8 Å². The molecule has 6 nitrogen and oxygen atoms in total. The summed E-state index contributed by atoms with van der Waals surface area (Å²) in [4.78, 5) is 28.7. The van der Waals surface area contributed by atoms with Crippen LogP contribution in [0.15, 0.2) is 42.5 Å². The second-order valence-electron chi connectivity index (χ2n) is 12.7. The number of amides is 1. The van der Waals surface area contributed by atoms with E-state index >= 15 is 0 Å². The van der Waals surface area contributed by atoms with E-state index in [4.69, 9.17) is 0 Å². The molecule has 1 saturated heterocycles. The normalized spacial score (nSPS) is 27.3. The van der Waals surface area contributed by atoms with E-state index in [1.54, 1.807) is 0 Å². The number of carboxylic acid groups (broad SMARTS) is 1. The van der Waals surface area contributed by atoms with E-state index in [1.807, 2.05) is 4.90 Å². The van der Waals surface area contributed by atoms with Crippen molar-refractivity contribution in [3.05, 3.63) is 53.6 Å². The third kappa shape index (κ3) is 4.12. The van der Waals surface area contributed by atoms with Crippen molar-refractivity contribution in [2.24, 2.45) is 11.3 Å². The number of rotatable bonds is 5. The van der Waals surface area contributed by atoms with Gasteiger partial charge in [0.1, 0.15) is 5.60 Å². The molecule has 0 bridgehead atoms. The number of hydrogen-bond donors (Lipinski definition) is 2. The third-order valence-electron chi connectivity index (χ3n) is 10.4. The predicted octanol–water partition coefficient (Wildman–Crippen LogP) is 4.98. The van der Waals surface area contributed by atoms with Gasteiger partial charge in [0, 0.05) is 31.4 Å². The molecule has 4 fully saturated rings. The molecule has 2 N–H and O–H groups in total. The number of anilines is 1. The highest BCUT2D eigenvalue weighted by Crippen LogP contribution is 2.65. The van der Waals surface area contributed by atoms with Crippen molar-refractivity contribution in [2.75, 3.05) is 24.5 Å². The van der Waals surface area contributed by atoms with Gasteiger partial charge in [0.05, 0.1) is 5.92 Å². The Labute approximate surface area is 224 Å². The monoisotopic (exact) mass is 514 g/mol. The number of likely N-dealkylation sites (tertiary alicyclic amines) is 1. The number of hydrogen-bond acceptors (Lipinski definition) is 4. The zero-order valence-electron chi connectivity index (χ0n) is 22.1. The van der Waals surface area contributed by atoms with E-state index in [-0.39, 0.29) is 11.8 Å². The fourth-order valence-corrected chi connectivity index (χ4v) is 7.64. The summed E-state index contributed by atoms with van der Waals surface area (Å²) < 4.78 is 0. The first-order valence-corrected chi connectivity index (χ1v) is 14.6. The maximum atomic E-state index is 12.5. The van der Waals surface area contributed by atoms with Gasteiger partial charge >= 0.3 is 5.97 Å². The molecular formula is C32H38N2O4. The van der Waals surface area contributed by atoms with Gasteiger partial charge in [-0.2, -0.15) is 0 Å². The number of piperidine rings is 1. The van der Waals surface area contributed by atoms with Crippen LogP contribution in [-0.4, -0.2) is 58.3 Å². The summed E-state index contributed by atoms with van der Waals surface area (Å²) >= 11 is 0. The van der Waals surface area contributed by atoms with Gasteiger partial charge in [0.15, 0.2) is 0 Å². The Morgan fingerprint density at radius 3 is 2.24 bits per heavy atom. The molecule has 1 spiro atoms. The molecule has 2 atom stereocenters. The van der Waals surface area contributed by atoms with Gasteiger partial charge in [-0.05, 0) is 91.0 Å². The first-order chi connectivity index (χ1) is 18.4. The first-order valence-electron chi connectivity index (χ1n) is 14.6. The molecule has 3 aliphatic carbocycles. The molecule has 2 aromatic carbocycles. The van der Waals surface area contributed by atoms with Gasteiger partial charge in [0.25, 0.3) is 5.91 Å². The highest BCUT2D eigenvalue weighted by Gasteiger charge is 2.57. The van der Waals surface area contributed by atoms with Gasteiger partial charge in [-0.1, -0.05) is 49.2 Å². The Kier molecular flexibility index (Phi) is 5.63. The molecule has 6 heteroatoms. The lowest BCUT2D eigenvalue weighted by Crippen LogP contribution is -2.45. The maximum absolute atomic E-state index is 12.5.